The summed E-state index contributed by atoms with van der Waals surface area (Å²) in [5.41, 5.74) is 10.5. The first kappa shape index (κ1) is 43.7. The molecule has 0 aliphatic rings. The first-order valence-corrected chi connectivity index (χ1v) is 18.2. The molecule has 1 rings (SSSR count). The fourth-order valence-corrected chi connectivity index (χ4v) is 5.95. The lowest BCUT2D eigenvalue weighted by Gasteiger charge is -2.37. The Labute approximate surface area is 295 Å². The topological polar surface area (TPSA) is 160 Å². The SMILES string of the molecule is CCCCCCCCCC(=O)O[C@H](CN(CC(C)C)NC(=O)[C@@H](NC(C)=O)C(C)C)[C@@H](C(=O)[C@@H](NC(C)=O)C(C)C)C(N)c1ccccc1. The van der Waals surface area contributed by atoms with Crippen molar-refractivity contribution in [3.05, 3.63) is 35.9 Å². The predicted molar refractivity (Wildman–Crippen MR) is 194 cm³/mol. The molecule has 0 fully saturated rings. The number of rotatable bonds is 24. The molecule has 0 aliphatic heterocycles. The van der Waals surface area contributed by atoms with Crippen LogP contribution in [0.1, 0.15) is 125 Å². The molecule has 1 aromatic rings. The first-order valence-electron chi connectivity index (χ1n) is 18.2. The van der Waals surface area contributed by atoms with Crippen LogP contribution in [0.5, 0.6) is 0 Å². The van der Waals surface area contributed by atoms with Gasteiger partial charge in [0, 0.05) is 32.9 Å². The van der Waals surface area contributed by atoms with Crippen molar-refractivity contribution < 1.29 is 28.7 Å². The van der Waals surface area contributed by atoms with Crippen molar-refractivity contribution in [3.63, 3.8) is 0 Å². The van der Waals surface area contributed by atoms with Crippen molar-refractivity contribution in [3.8, 4) is 0 Å². The molecule has 278 valence electrons. The Balaban J connectivity index is 3.61. The van der Waals surface area contributed by atoms with Crippen LogP contribution < -0.4 is 21.8 Å². The number of carbonyl (C=O) groups is 5. The zero-order valence-electron chi connectivity index (χ0n) is 31.6. The van der Waals surface area contributed by atoms with E-state index in [1.54, 1.807) is 5.01 Å². The molecular formula is C38H65N5O6. The quantitative estimate of drug-likeness (QED) is 0.0653. The van der Waals surface area contributed by atoms with Crippen LogP contribution in [0.4, 0.5) is 0 Å². The second-order valence-electron chi connectivity index (χ2n) is 14.4. The minimum Gasteiger partial charge on any atom is -0.460 e. The number of Topliss-reactive ketones (excluding diaryl/α,β-unsaturated/α-hetero) is 1. The number of hydrogen-bond acceptors (Lipinski definition) is 8. The van der Waals surface area contributed by atoms with Crippen LogP contribution in [0.3, 0.4) is 0 Å². The van der Waals surface area contributed by atoms with E-state index in [1.807, 2.05) is 71.9 Å². The summed E-state index contributed by atoms with van der Waals surface area (Å²) in [7, 11) is 0. The molecule has 49 heavy (non-hydrogen) atoms. The number of hydrazine groups is 1. The Hall–Kier alpha value is -3.31. The average molecular weight is 688 g/mol. The Morgan fingerprint density at radius 3 is 1.80 bits per heavy atom. The van der Waals surface area contributed by atoms with Gasteiger partial charge in [0.15, 0.2) is 5.78 Å². The van der Waals surface area contributed by atoms with Crippen molar-refractivity contribution in [2.24, 2.45) is 29.4 Å². The summed E-state index contributed by atoms with van der Waals surface area (Å²) in [6.45, 7) is 16.5. The van der Waals surface area contributed by atoms with Gasteiger partial charge in [-0.1, -0.05) is 117 Å². The number of unbranched alkanes of at least 4 members (excludes halogenated alkanes) is 6. The summed E-state index contributed by atoms with van der Waals surface area (Å²) < 4.78 is 6.21. The molecule has 0 bridgehead atoms. The highest BCUT2D eigenvalue weighted by molar-refractivity contribution is 5.91. The van der Waals surface area contributed by atoms with E-state index in [1.165, 1.54) is 26.7 Å². The van der Waals surface area contributed by atoms with Crippen molar-refractivity contribution in [1.29, 1.82) is 0 Å². The Bertz CT molecular complexity index is 1160. The molecule has 11 heteroatoms. The molecule has 0 aliphatic carbocycles. The van der Waals surface area contributed by atoms with E-state index in [4.69, 9.17) is 10.5 Å². The van der Waals surface area contributed by atoms with E-state index in [-0.39, 0.29) is 48.3 Å². The number of nitrogens with zero attached hydrogens (tertiary/aromatic N) is 1. The number of nitrogens with two attached hydrogens (primary N) is 1. The molecular weight excluding hydrogens is 622 g/mol. The molecule has 0 radical (unpaired) electrons. The highest BCUT2D eigenvalue weighted by atomic mass is 16.5. The van der Waals surface area contributed by atoms with Gasteiger partial charge in [-0.2, -0.15) is 0 Å². The Morgan fingerprint density at radius 1 is 0.755 bits per heavy atom. The molecule has 0 saturated heterocycles. The number of ketones is 1. The van der Waals surface area contributed by atoms with E-state index in [9.17, 15) is 24.0 Å². The van der Waals surface area contributed by atoms with Crippen LogP contribution in [0.15, 0.2) is 30.3 Å². The number of carbonyl (C=O) groups excluding carboxylic acids is 5. The van der Waals surface area contributed by atoms with Gasteiger partial charge in [-0.25, -0.2) is 5.01 Å². The fourth-order valence-electron chi connectivity index (χ4n) is 5.95. The van der Waals surface area contributed by atoms with E-state index in [0.717, 1.165) is 25.7 Å². The van der Waals surface area contributed by atoms with Gasteiger partial charge >= 0.3 is 5.97 Å². The van der Waals surface area contributed by atoms with E-state index >= 15 is 0 Å². The van der Waals surface area contributed by atoms with Gasteiger partial charge in [0.2, 0.25) is 11.8 Å². The minimum absolute atomic E-state index is 0.0423. The van der Waals surface area contributed by atoms with Crippen molar-refractivity contribution >= 4 is 29.5 Å². The third kappa shape index (κ3) is 16.8. The average Bonchev–Trinajstić information content (AvgIpc) is 3.01. The van der Waals surface area contributed by atoms with Crippen molar-refractivity contribution in [2.75, 3.05) is 13.1 Å². The molecule has 11 nitrogen and oxygen atoms in total. The zero-order chi connectivity index (χ0) is 37.1. The molecule has 1 unspecified atom stereocenters. The van der Waals surface area contributed by atoms with E-state index in [0.29, 0.717) is 18.5 Å². The second kappa shape index (κ2) is 23.2. The molecule has 1 aromatic carbocycles. The maximum Gasteiger partial charge on any atom is 0.306 e. The number of amides is 3. The summed E-state index contributed by atoms with van der Waals surface area (Å²) in [6.07, 6.45) is 6.33. The number of esters is 1. The van der Waals surface area contributed by atoms with Gasteiger partial charge in [-0.3, -0.25) is 29.4 Å². The molecule has 3 amide bonds. The maximum absolute atomic E-state index is 14.5. The lowest BCUT2D eigenvalue weighted by atomic mass is 9.80. The molecule has 0 saturated carbocycles. The minimum atomic E-state index is -1.08. The lowest BCUT2D eigenvalue weighted by molar-refractivity contribution is -0.158. The summed E-state index contributed by atoms with van der Waals surface area (Å²) in [5.74, 6) is -3.41. The maximum atomic E-state index is 14.5. The smallest absolute Gasteiger partial charge is 0.306 e. The van der Waals surface area contributed by atoms with Gasteiger partial charge in [0.25, 0.3) is 5.91 Å². The summed E-state index contributed by atoms with van der Waals surface area (Å²) in [5, 5.41) is 7.16. The summed E-state index contributed by atoms with van der Waals surface area (Å²) >= 11 is 0. The fraction of sp³-hybridized carbons (Fsp3) is 0.711. The summed E-state index contributed by atoms with van der Waals surface area (Å²) in [6, 6.07) is 6.55. The van der Waals surface area contributed by atoms with Crippen molar-refractivity contribution in [2.45, 2.75) is 138 Å². The first-order chi connectivity index (χ1) is 23.1. The summed E-state index contributed by atoms with van der Waals surface area (Å²) in [4.78, 5) is 65.8. The number of hydrogen-bond donors (Lipinski definition) is 4. The zero-order valence-corrected chi connectivity index (χ0v) is 31.6. The van der Waals surface area contributed by atoms with Crippen LogP contribution in [-0.4, -0.2) is 65.8 Å². The lowest BCUT2D eigenvalue weighted by Crippen LogP contribution is -2.58. The van der Waals surface area contributed by atoms with Crippen LogP contribution in [-0.2, 0) is 28.7 Å². The predicted octanol–water partition coefficient (Wildman–Crippen LogP) is 5.23. The normalized spacial score (nSPS) is 14.7. The van der Waals surface area contributed by atoms with Gasteiger partial charge in [0.05, 0.1) is 18.5 Å². The van der Waals surface area contributed by atoms with Crippen LogP contribution in [0, 0.1) is 23.7 Å². The van der Waals surface area contributed by atoms with Gasteiger partial charge in [-0.05, 0) is 29.7 Å². The molecule has 0 spiro atoms. The number of nitrogens with one attached hydrogen (secondary N) is 3. The van der Waals surface area contributed by atoms with Gasteiger partial charge in [-0.15, -0.1) is 0 Å². The highest BCUT2D eigenvalue weighted by Crippen LogP contribution is 2.29. The highest BCUT2D eigenvalue weighted by Gasteiger charge is 2.42. The standard InChI is InChI=1S/C38H65N5O6/c1-10-11-12-13-14-15-19-22-32(46)49-31(24-43(23-25(2)3)42-38(48)36(27(6)7)41-29(9)45)33(34(39)30-20-17-16-18-21-30)37(47)35(26(4)5)40-28(8)44/h16-18,20-21,25-27,31,33-36H,10-15,19,22-24,39H2,1-9H3,(H,40,44)(H,41,45)(H,42,48)/t31-,33-,34?,35+,36+/m1/s1. The number of ether oxygens (including phenoxy) is 1. The van der Waals surface area contributed by atoms with E-state index in [2.05, 4.69) is 23.0 Å². The molecule has 5 N–H and O–H groups in total. The van der Waals surface area contributed by atoms with Crippen LogP contribution in [0.25, 0.3) is 0 Å². The van der Waals surface area contributed by atoms with Crippen molar-refractivity contribution in [1.82, 2.24) is 21.1 Å². The monoisotopic (exact) mass is 687 g/mol. The third-order valence-electron chi connectivity index (χ3n) is 8.46. The van der Waals surface area contributed by atoms with E-state index < -0.39 is 42.0 Å². The Kier molecular flexibility index (Phi) is 20.7. The molecule has 5 atom stereocenters. The third-order valence-corrected chi connectivity index (χ3v) is 8.46. The second-order valence-corrected chi connectivity index (χ2v) is 14.4. The van der Waals surface area contributed by atoms with Gasteiger partial charge in [0.1, 0.15) is 12.1 Å². The molecule has 0 aromatic heterocycles. The number of benzene rings is 1. The van der Waals surface area contributed by atoms with Gasteiger partial charge < -0.3 is 21.1 Å². The van der Waals surface area contributed by atoms with Crippen LogP contribution >= 0.6 is 0 Å². The largest absolute Gasteiger partial charge is 0.460 e. The van der Waals surface area contributed by atoms with Crippen LogP contribution in [0.2, 0.25) is 0 Å². The molecule has 0 heterocycles. The Morgan fingerprint density at radius 2 is 1.29 bits per heavy atom.